The second-order valence-electron chi connectivity index (χ2n) is 10.7. The van der Waals surface area contributed by atoms with Crippen LogP contribution in [0.3, 0.4) is 0 Å². The van der Waals surface area contributed by atoms with E-state index in [0.717, 1.165) is 55.6 Å². The summed E-state index contributed by atoms with van der Waals surface area (Å²) in [6.07, 6.45) is 11.9. The second kappa shape index (κ2) is 11.7. The first-order valence-electron chi connectivity index (χ1n) is 13.5. The molecule has 2 N–H and O–H groups in total. The molecule has 2 aliphatic rings. The highest BCUT2D eigenvalue weighted by Crippen LogP contribution is 2.43. The van der Waals surface area contributed by atoms with E-state index in [0.29, 0.717) is 60.0 Å². The monoisotopic (exact) mass is 529 g/mol. The van der Waals surface area contributed by atoms with Crippen molar-refractivity contribution in [1.82, 2.24) is 35.3 Å². The lowest BCUT2D eigenvalue weighted by Gasteiger charge is -2.32. The molecule has 0 radical (unpaired) electrons. The molecule has 0 saturated heterocycles. The minimum atomic E-state index is -1.45. The highest BCUT2D eigenvalue weighted by atomic mass is 35.5. The second-order valence-corrected chi connectivity index (χ2v) is 11.1. The quantitative estimate of drug-likeness (QED) is 0.209. The molecule has 10 heteroatoms. The van der Waals surface area contributed by atoms with Crippen LogP contribution < -0.4 is 10.8 Å². The smallest absolute Gasteiger partial charge is 0.182 e. The summed E-state index contributed by atoms with van der Waals surface area (Å²) in [6.45, 7) is 3.71. The molecule has 2 saturated carbocycles. The maximum atomic E-state index is 16.6. The number of pyridine rings is 1. The van der Waals surface area contributed by atoms with Crippen molar-refractivity contribution in [2.45, 2.75) is 83.5 Å². The molecule has 0 spiro atoms. The van der Waals surface area contributed by atoms with Crippen molar-refractivity contribution in [2.75, 3.05) is 13.8 Å². The van der Waals surface area contributed by atoms with Gasteiger partial charge in [-0.3, -0.25) is 15.1 Å². The largest absolute Gasteiger partial charge is 0.322 e. The van der Waals surface area contributed by atoms with Gasteiger partial charge >= 0.3 is 0 Å². The predicted octanol–water partition coefficient (Wildman–Crippen LogP) is 5.70. The molecule has 0 aliphatic heterocycles. The average molecular weight is 530 g/mol. The topological polar surface area (TPSA) is 89.8 Å². The molecule has 3 heterocycles. The van der Waals surface area contributed by atoms with Gasteiger partial charge in [0.15, 0.2) is 11.3 Å². The highest BCUT2D eigenvalue weighted by Gasteiger charge is 2.40. The van der Waals surface area contributed by atoms with Gasteiger partial charge in [-0.25, -0.2) is 24.8 Å². The molecule has 8 nitrogen and oxygen atoms in total. The van der Waals surface area contributed by atoms with E-state index in [-0.39, 0.29) is 0 Å². The Hall–Kier alpha value is -2.20. The van der Waals surface area contributed by atoms with Crippen LogP contribution in [0.1, 0.15) is 76.4 Å². The van der Waals surface area contributed by atoms with Gasteiger partial charge < -0.3 is 4.57 Å². The van der Waals surface area contributed by atoms with Gasteiger partial charge in [0.05, 0.1) is 11.6 Å². The van der Waals surface area contributed by atoms with Gasteiger partial charge in [0, 0.05) is 31.5 Å². The van der Waals surface area contributed by atoms with Crippen LogP contribution in [-0.2, 0) is 23.6 Å². The molecule has 3 aromatic rings. The van der Waals surface area contributed by atoms with Crippen LogP contribution in [0.2, 0.25) is 5.02 Å². The van der Waals surface area contributed by atoms with Gasteiger partial charge in [-0.2, -0.15) is 0 Å². The van der Waals surface area contributed by atoms with Gasteiger partial charge in [-0.05, 0) is 56.4 Å². The molecule has 0 bridgehead atoms. The zero-order valence-electron chi connectivity index (χ0n) is 21.8. The van der Waals surface area contributed by atoms with Crippen LogP contribution in [0, 0.1) is 11.8 Å². The third kappa shape index (κ3) is 5.95. The van der Waals surface area contributed by atoms with Gasteiger partial charge in [0.2, 0.25) is 0 Å². The fourth-order valence-corrected chi connectivity index (χ4v) is 5.99. The molecule has 3 aromatic heterocycles. The number of alkyl halides is 1. The Kier molecular flexibility index (Phi) is 8.34. The summed E-state index contributed by atoms with van der Waals surface area (Å²) in [7, 11) is 1.70. The van der Waals surface area contributed by atoms with Crippen molar-refractivity contribution >= 4 is 22.8 Å². The SMILES string of the molecule is CNOCNCc1nc(-c2cncc(Cl)c2)c2c(n1)nc(C1(F)CCCCC1)n2C[C@H]1CC[C@H](C)CC1. The number of nitrogens with zero attached hydrogens (tertiary/aromatic N) is 5. The fourth-order valence-electron chi connectivity index (χ4n) is 5.81. The molecular formula is C27H37ClFN7O. The van der Waals surface area contributed by atoms with Crippen molar-refractivity contribution in [3.63, 3.8) is 0 Å². The van der Waals surface area contributed by atoms with Crippen molar-refractivity contribution < 1.29 is 9.23 Å². The van der Waals surface area contributed by atoms with Crippen molar-refractivity contribution in [2.24, 2.45) is 11.8 Å². The number of hydroxylamine groups is 1. The maximum absolute atomic E-state index is 16.6. The van der Waals surface area contributed by atoms with Crippen LogP contribution in [0.5, 0.6) is 0 Å². The van der Waals surface area contributed by atoms with Crippen molar-refractivity contribution in [1.29, 1.82) is 0 Å². The Morgan fingerprint density at radius 2 is 1.89 bits per heavy atom. The minimum Gasteiger partial charge on any atom is -0.322 e. The van der Waals surface area contributed by atoms with E-state index < -0.39 is 5.67 Å². The number of rotatable bonds is 9. The minimum absolute atomic E-state index is 0.291. The van der Waals surface area contributed by atoms with Gasteiger partial charge in [-0.15, -0.1) is 0 Å². The standard InChI is InChI=1S/C27H37ClFN7O/c1-18-6-8-19(9-7-18)16-36-24-23(20-12-21(28)14-31-13-20)33-22(15-32-17-37-30-2)34-25(24)35-26(36)27(29)10-4-3-5-11-27/h12-14,18-19,30,32H,3-11,15-17H2,1-2H3/t18-,19-. The Labute approximate surface area is 222 Å². The number of halogens is 2. The number of hydrogen-bond donors (Lipinski definition) is 2. The summed E-state index contributed by atoms with van der Waals surface area (Å²) < 4.78 is 18.7. The Morgan fingerprint density at radius 1 is 1.11 bits per heavy atom. The Bertz CT molecular complexity index is 1200. The summed E-state index contributed by atoms with van der Waals surface area (Å²) in [5, 5.41) is 3.68. The molecular weight excluding hydrogens is 493 g/mol. The van der Waals surface area contributed by atoms with E-state index in [4.69, 9.17) is 31.4 Å². The van der Waals surface area contributed by atoms with Crippen LogP contribution >= 0.6 is 11.6 Å². The molecule has 200 valence electrons. The summed E-state index contributed by atoms with van der Waals surface area (Å²) in [5.74, 6) is 2.29. The zero-order valence-corrected chi connectivity index (χ0v) is 22.5. The van der Waals surface area contributed by atoms with E-state index in [2.05, 4.69) is 27.3 Å². The van der Waals surface area contributed by atoms with E-state index in [1.54, 1.807) is 19.4 Å². The van der Waals surface area contributed by atoms with Gasteiger partial charge in [-0.1, -0.05) is 37.8 Å². The van der Waals surface area contributed by atoms with Gasteiger partial charge in [0.25, 0.3) is 0 Å². The lowest BCUT2D eigenvalue weighted by molar-refractivity contribution is 0.0430. The van der Waals surface area contributed by atoms with E-state index in [1.807, 2.05) is 6.07 Å². The summed E-state index contributed by atoms with van der Waals surface area (Å²) in [4.78, 5) is 24.1. The number of nitrogens with one attached hydrogen (secondary N) is 2. The fraction of sp³-hybridized carbons (Fsp3) is 0.630. The molecule has 2 aliphatic carbocycles. The van der Waals surface area contributed by atoms with Crippen molar-refractivity contribution in [3.05, 3.63) is 35.1 Å². The molecule has 0 unspecified atom stereocenters. The van der Waals surface area contributed by atoms with Crippen LogP contribution in [-0.4, -0.2) is 38.3 Å². The number of hydrogen-bond acceptors (Lipinski definition) is 7. The van der Waals surface area contributed by atoms with Crippen LogP contribution in [0.25, 0.3) is 22.4 Å². The Balaban J connectivity index is 1.64. The molecule has 37 heavy (non-hydrogen) atoms. The van der Waals surface area contributed by atoms with Crippen LogP contribution in [0.4, 0.5) is 4.39 Å². The first kappa shape index (κ1) is 26.4. The first-order valence-corrected chi connectivity index (χ1v) is 13.9. The lowest BCUT2D eigenvalue weighted by Crippen LogP contribution is -2.29. The van der Waals surface area contributed by atoms with Gasteiger partial charge in [0.1, 0.15) is 29.6 Å². The third-order valence-corrected chi connectivity index (χ3v) is 8.06. The number of fused-ring (bicyclic) bond motifs is 1. The van der Waals surface area contributed by atoms with E-state index in [9.17, 15) is 0 Å². The van der Waals surface area contributed by atoms with Crippen LogP contribution in [0.15, 0.2) is 18.5 Å². The molecule has 0 atom stereocenters. The third-order valence-electron chi connectivity index (χ3n) is 7.85. The molecule has 0 amide bonds. The number of imidazole rings is 1. The van der Waals surface area contributed by atoms with Crippen molar-refractivity contribution in [3.8, 4) is 11.3 Å². The molecule has 5 rings (SSSR count). The average Bonchev–Trinajstić information content (AvgIpc) is 3.27. The number of aromatic nitrogens is 5. The summed E-state index contributed by atoms with van der Waals surface area (Å²) in [6, 6.07) is 1.85. The summed E-state index contributed by atoms with van der Waals surface area (Å²) >= 11 is 6.34. The lowest BCUT2D eigenvalue weighted by atomic mass is 9.82. The summed E-state index contributed by atoms with van der Waals surface area (Å²) in [5.41, 5.74) is 3.94. The normalized spacial score (nSPS) is 21.9. The Morgan fingerprint density at radius 3 is 2.62 bits per heavy atom. The highest BCUT2D eigenvalue weighted by molar-refractivity contribution is 6.30. The van der Waals surface area contributed by atoms with E-state index >= 15 is 4.39 Å². The van der Waals surface area contributed by atoms with E-state index in [1.165, 1.54) is 12.8 Å². The molecule has 2 fully saturated rings. The first-order chi connectivity index (χ1) is 18.0. The maximum Gasteiger partial charge on any atom is 0.182 e. The molecule has 0 aromatic carbocycles. The zero-order chi connectivity index (χ0) is 25.8. The predicted molar refractivity (Wildman–Crippen MR) is 142 cm³/mol.